The Bertz CT molecular complexity index is 546. The quantitative estimate of drug-likeness (QED) is 0.471. The summed E-state index contributed by atoms with van der Waals surface area (Å²) >= 11 is 3.44. The van der Waals surface area contributed by atoms with E-state index in [0.29, 0.717) is 24.6 Å². The minimum absolute atomic E-state index is 0.0948. The van der Waals surface area contributed by atoms with Crippen LogP contribution in [0, 0.1) is 23.0 Å². The van der Waals surface area contributed by atoms with Crippen molar-refractivity contribution in [3.63, 3.8) is 0 Å². The standard InChI is InChI=1S/C15H19BrN2O3/c1-11-4-2-6-13(18(20)21)14(11)15(19)17-9-3-5-12(10-17)7-8-16/h2,4,6,12H,3,5,7-10H2,1H3. The second kappa shape index (κ2) is 7.02. The molecule has 0 aliphatic carbocycles. The van der Waals surface area contributed by atoms with Crippen LogP contribution in [0.2, 0.25) is 0 Å². The summed E-state index contributed by atoms with van der Waals surface area (Å²) in [6, 6.07) is 4.77. The summed E-state index contributed by atoms with van der Waals surface area (Å²) in [7, 11) is 0. The zero-order chi connectivity index (χ0) is 15.4. The number of rotatable bonds is 4. The molecule has 0 radical (unpaired) electrons. The number of hydrogen-bond donors (Lipinski definition) is 0. The molecular weight excluding hydrogens is 336 g/mol. The van der Waals surface area contributed by atoms with Crippen LogP contribution < -0.4 is 0 Å². The molecule has 1 saturated heterocycles. The van der Waals surface area contributed by atoms with Gasteiger partial charge >= 0.3 is 0 Å². The molecule has 0 N–H and O–H groups in total. The number of halogens is 1. The van der Waals surface area contributed by atoms with Crippen LogP contribution in [0.1, 0.15) is 35.2 Å². The van der Waals surface area contributed by atoms with Gasteiger partial charge in [-0.15, -0.1) is 0 Å². The summed E-state index contributed by atoms with van der Waals surface area (Å²) in [4.78, 5) is 25.2. The summed E-state index contributed by atoms with van der Waals surface area (Å²) in [6.07, 6.45) is 3.11. The lowest BCUT2D eigenvalue weighted by Gasteiger charge is -2.32. The largest absolute Gasteiger partial charge is 0.338 e. The first-order chi connectivity index (χ1) is 10.0. The number of benzene rings is 1. The fourth-order valence-corrected chi connectivity index (χ4v) is 3.53. The molecule has 21 heavy (non-hydrogen) atoms. The van der Waals surface area contributed by atoms with Crippen molar-refractivity contribution >= 4 is 27.5 Å². The van der Waals surface area contributed by atoms with Gasteiger partial charge in [-0.3, -0.25) is 14.9 Å². The highest BCUT2D eigenvalue weighted by atomic mass is 79.9. The zero-order valence-corrected chi connectivity index (χ0v) is 13.6. The number of nitrogens with zero attached hydrogens (tertiary/aromatic N) is 2. The average molecular weight is 355 g/mol. The number of carbonyl (C=O) groups excluding carboxylic acids is 1. The molecule has 0 aromatic heterocycles. The Balaban J connectivity index is 2.25. The van der Waals surface area contributed by atoms with Crippen LogP contribution in [0.4, 0.5) is 5.69 Å². The maximum atomic E-state index is 12.7. The normalized spacial score (nSPS) is 18.6. The van der Waals surface area contributed by atoms with Gasteiger partial charge in [0.2, 0.25) is 0 Å². The third kappa shape index (κ3) is 3.61. The Morgan fingerprint density at radius 1 is 1.52 bits per heavy atom. The maximum Gasteiger partial charge on any atom is 0.282 e. The lowest BCUT2D eigenvalue weighted by atomic mass is 9.94. The van der Waals surface area contributed by atoms with Crippen molar-refractivity contribution in [2.45, 2.75) is 26.2 Å². The van der Waals surface area contributed by atoms with Crippen molar-refractivity contribution in [3.05, 3.63) is 39.4 Å². The van der Waals surface area contributed by atoms with E-state index < -0.39 is 4.92 Å². The van der Waals surface area contributed by atoms with E-state index in [-0.39, 0.29) is 17.2 Å². The van der Waals surface area contributed by atoms with Crippen molar-refractivity contribution < 1.29 is 9.72 Å². The summed E-state index contributed by atoms with van der Waals surface area (Å²) < 4.78 is 0. The molecule has 1 aromatic rings. The van der Waals surface area contributed by atoms with Crippen molar-refractivity contribution in [2.75, 3.05) is 18.4 Å². The van der Waals surface area contributed by atoms with Gasteiger partial charge in [0, 0.05) is 24.5 Å². The van der Waals surface area contributed by atoms with Crippen molar-refractivity contribution in [1.29, 1.82) is 0 Å². The summed E-state index contributed by atoms with van der Waals surface area (Å²) in [6.45, 7) is 3.12. The molecule has 1 aliphatic rings. The predicted molar refractivity (Wildman–Crippen MR) is 84.9 cm³/mol. The van der Waals surface area contributed by atoms with Crippen LogP contribution in [-0.2, 0) is 0 Å². The van der Waals surface area contributed by atoms with E-state index in [9.17, 15) is 14.9 Å². The second-order valence-corrected chi connectivity index (χ2v) is 6.26. The lowest BCUT2D eigenvalue weighted by molar-refractivity contribution is -0.385. The fraction of sp³-hybridized carbons (Fsp3) is 0.533. The third-order valence-electron chi connectivity index (χ3n) is 3.98. The van der Waals surface area contributed by atoms with E-state index in [1.54, 1.807) is 24.0 Å². The minimum atomic E-state index is -0.472. The van der Waals surface area contributed by atoms with E-state index in [1.807, 2.05) is 0 Å². The van der Waals surface area contributed by atoms with Crippen LogP contribution in [-0.4, -0.2) is 34.2 Å². The molecule has 1 amide bonds. The molecule has 1 aromatic carbocycles. The highest BCUT2D eigenvalue weighted by molar-refractivity contribution is 9.09. The van der Waals surface area contributed by atoms with E-state index in [0.717, 1.165) is 24.6 Å². The van der Waals surface area contributed by atoms with Gasteiger partial charge in [0.05, 0.1) is 4.92 Å². The number of likely N-dealkylation sites (tertiary alicyclic amines) is 1. The highest BCUT2D eigenvalue weighted by Crippen LogP contribution is 2.27. The van der Waals surface area contributed by atoms with Gasteiger partial charge in [-0.1, -0.05) is 28.1 Å². The molecule has 1 atom stereocenters. The number of hydrogen-bond acceptors (Lipinski definition) is 3. The maximum absolute atomic E-state index is 12.7. The number of aryl methyl sites for hydroxylation is 1. The highest BCUT2D eigenvalue weighted by Gasteiger charge is 2.29. The summed E-state index contributed by atoms with van der Waals surface area (Å²) in [5.74, 6) is 0.268. The van der Waals surface area contributed by atoms with Gasteiger partial charge < -0.3 is 4.90 Å². The molecule has 1 unspecified atom stereocenters. The molecule has 1 fully saturated rings. The predicted octanol–water partition coefficient (Wildman–Crippen LogP) is 3.54. The van der Waals surface area contributed by atoms with Crippen LogP contribution in [0.25, 0.3) is 0 Å². The van der Waals surface area contributed by atoms with Gasteiger partial charge in [0.25, 0.3) is 11.6 Å². The van der Waals surface area contributed by atoms with Gasteiger partial charge in [-0.05, 0) is 37.7 Å². The van der Waals surface area contributed by atoms with Crippen LogP contribution in [0.5, 0.6) is 0 Å². The fourth-order valence-electron chi connectivity index (χ4n) is 2.88. The molecule has 5 nitrogen and oxygen atoms in total. The Morgan fingerprint density at radius 3 is 2.95 bits per heavy atom. The molecule has 1 heterocycles. The second-order valence-electron chi connectivity index (χ2n) is 5.46. The van der Waals surface area contributed by atoms with Crippen LogP contribution >= 0.6 is 15.9 Å². The molecule has 2 rings (SSSR count). The SMILES string of the molecule is Cc1cccc([N+](=O)[O-])c1C(=O)N1CCCC(CCBr)C1. The van der Waals surface area contributed by atoms with Crippen LogP contribution in [0.3, 0.4) is 0 Å². The molecule has 1 aliphatic heterocycles. The molecule has 6 heteroatoms. The van der Waals surface area contributed by atoms with E-state index in [4.69, 9.17) is 0 Å². The van der Waals surface area contributed by atoms with E-state index in [1.165, 1.54) is 6.07 Å². The number of alkyl halides is 1. The summed E-state index contributed by atoms with van der Waals surface area (Å²) in [5.41, 5.74) is 0.807. The number of carbonyl (C=O) groups is 1. The molecule has 0 spiro atoms. The topological polar surface area (TPSA) is 63.5 Å². The Morgan fingerprint density at radius 2 is 2.29 bits per heavy atom. The van der Waals surface area contributed by atoms with Crippen molar-refractivity contribution in [3.8, 4) is 0 Å². The van der Waals surface area contributed by atoms with Crippen molar-refractivity contribution in [1.82, 2.24) is 4.90 Å². The lowest BCUT2D eigenvalue weighted by Crippen LogP contribution is -2.40. The number of nitro groups is 1. The van der Waals surface area contributed by atoms with Crippen molar-refractivity contribution in [2.24, 2.45) is 5.92 Å². The first-order valence-electron chi connectivity index (χ1n) is 7.13. The van der Waals surface area contributed by atoms with Gasteiger partial charge in [-0.25, -0.2) is 0 Å². The first kappa shape index (κ1) is 15.9. The molecular formula is C15H19BrN2O3. The third-order valence-corrected chi connectivity index (χ3v) is 4.44. The van der Waals surface area contributed by atoms with Gasteiger partial charge in [0.15, 0.2) is 0 Å². The molecule has 0 saturated carbocycles. The molecule has 0 bridgehead atoms. The van der Waals surface area contributed by atoms with E-state index >= 15 is 0 Å². The zero-order valence-electron chi connectivity index (χ0n) is 12.0. The Labute approximate surface area is 132 Å². The summed E-state index contributed by atoms with van der Waals surface area (Å²) in [5, 5.41) is 12.1. The first-order valence-corrected chi connectivity index (χ1v) is 8.26. The number of amides is 1. The van der Waals surface area contributed by atoms with Gasteiger partial charge in [0.1, 0.15) is 5.56 Å². The Hall–Kier alpha value is -1.43. The van der Waals surface area contributed by atoms with E-state index in [2.05, 4.69) is 15.9 Å². The smallest absolute Gasteiger partial charge is 0.282 e. The van der Waals surface area contributed by atoms with Crippen LogP contribution in [0.15, 0.2) is 18.2 Å². The number of nitro benzene ring substituents is 1. The average Bonchev–Trinajstić information content (AvgIpc) is 2.47. The number of piperidine rings is 1. The minimum Gasteiger partial charge on any atom is -0.338 e. The molecule has 114 valence electrons. The monoisotopic (exact) mass is 354 g/mol. The Kier molecular flexibility index (Phi) is 5.33. The van der Waals surface area contributed by atoms with Gasteiger partial charge in [-0.2, -0.15) is 0 Å².